The van der Waals surface area contributed by atoms with Gasteiger partial charge in [-0.3, -0.25) is 14.2 Å². The van der Waals surface area contributed by atoms with Crippen molar-refractivity contribution in [1.29, 1.82) is 0 Å². The molecule has 0 bridgehead atoms. The number of aryl methyl sites for hydroxylation is 1. The van der Waals surface area contributed by atoms with Crippen LogP contribution in [0.3, 0.4) is 0 Å². The van der Waals surface area contributed by atoms with Crippen molar-refractivity contribution in [1.82, 2.24) is 14.5 Å². The van der Waals surface area contributed by atoms with Crippen LogP contribution in [0.5, 0.6) is 0 Å². The monoisotopic (exact) mass is 435 g/mol. The van der Waals surface area contributed by atoms with E-state index in [1.54, 1.807) is 11.7 Å². The van der Waals surface area contributed by atoms with Crippen LogP contribution in [0.2, 0.25) is 0 Å². The van der Waals surface area contributed by atoms with E-state index in [0.29, 0.717) is 54.8 Å². The van der Waals surface area contributed by atoms with Gasteiger partial charge in [0.25, 0.3) is 11.5 Å². The molecule has 1 unspecified atom stereocenters. The Morgan fingerprint density at radius 2 is 1.84 bits per heavy atom. The minimum Gasteiger partial charge on any atom is -0.385 e. The molecule has 3 rings (SSSR count). The van der Waals surface area contributed by atoms with E-state index in [-0.39, 0.29) is 17.5 Å². The highest BCUT2D eigenvalue weighted by atomic mass is 16.5. The van der Waals surface area contributed by atoms with Gasteiger partial charge in [0.15, 0.2) is 0 Å². The summed E-state index contributed by atoms with van der Waals surface area (Å²) in [6, 6.07) is 14.7. The molecule has 0 aliphatic heterocycles. The van der Waals surface area contributed by atoms with E-state index in [4.69, 9.17) is 9.72 Å². The Balaban J connectivity index is 2.15. The first-order valence-corrected chi connectivity index (χ1v) is 11.4. The molecule has 0 saturated heterocycles. The fraction of sp³-hybridized carbons (Fsp3) is 0.423. The number of methoxy groups -OCH3 is 1. The number of para-hydroxylation sites is 1. The molecule has 170 valence electrons. The summed E-state index contributed by atoms with van der Waals surface area (Å²) in [5.41, 5.74) is 2.22. The van der Waals surface area contributed by atoms with Gasteiger partial charge in [-0.25, -0.2) is 4.98 Å². The average molecular weight is 436 g/mol. The first-order valence-electron chi connectivity index (χ1n) is 11.4. The number of ether oxygens (including phenoxy) is 1. The maximum absolute atomic E-state index is 13.7. The van der Waals surface area contributed by atoms with Crippen molar-refractivity contribution in [2.45, 2.75) is 52.6 Å². The summed E-state index contributed by atoms with van der Waals surface area (Å²) in [5, 5.41) is 0.607. The highest BCUT2D eigenvalue weighted by Gasteiger charge is 2.29. The van der Waals surface area contributed by atoms with E-state index in [1.165, 1.54) is 0 Å². The highest BCUT2D eigenvalue weighted by molar-refractivity contribution is 5.96. The Bertz CT molecular complexity index is 1120. The van der Waals surface area contributed by atoms with Gasteiger partial charge in [0.2, 0.25) is 0 Å². The summed E-state index contributed by atoms with van der Waals surface area (Å²) >= 11 is 0. The van der Waals surface area contributed by atoms with E-state index in [0.717, 1.165) is 12.0 Å². The predicted molar refractivity (Wildman–Crippen MR) is 128 cm³/mol. The van der Waals surface area contributed by atoms with Crippen molar-refractivity contribution >= 4 is 16.8 Å². The van der Waals surface area contributed by atoms with Crippen LogP contribution in [0.1, 0.15) is 60.9 Å². The summed E-state index contributed by atoms with van der Waals surface area (Å²) in [6.07, 6.45) is 2.16. The molecule has 32 heavy (non-hydrogen) atoms. The lowest BCUT2D eigenvalue weighted by Gasteiger charge is -2.33. The second kappa shape index (κ2) is 11.0. The fourth-order valence-corrected chi connectivity index (χ4v) is 4.17. The fourth-order valence-electron chi connectivity index (χ4n) is 4.17. The van der Waals surface area contributed by atoms with Gasteiger partial charge in [0, 0.05) is 32.4 Å². The zero-order chi connectivity index (χ0) is 23.1. The van der Waals surface area contributed by atoms with E-state index in [2.05, 4.69) is 0 Å². The molecule has 0 aliphatic rings. The molecule has 0 radical (unpaired) electrons. The Morgan fingerprint density at radius 1 is 1.12 bits per heavy atom. The molecule has 1 heterocycles. The van der Waals surface area contributed by atoms with Crippen LogP contribution in [0.4, 0.5) is 0 Å². The normalized spacial score (nSPS) is 12.1. The number of fused-ring (bicyclic) bond motifs is 1. The van der Waals surface area contributed by atoms with Crippen molar-refractivity contribution in [3.8, 4) is 0 Å². The number of amides is 1. The van der Waals surface area contributed by atoms with E-state index in [1.807, 2.05) is 74.2 Å². The van der Waals surface area contributed by atoms with Crippen molar-refractivity contribution in [2.24, 2.45) is 0 Å². The first kappa shape index (κ1) is 23.7. The molecular weight excluding hydrogens is 402 g/mol. The molecule has 0 spiro atoms. The molecule has 1 amide bonds. The highest BCUT2D eigenvalue weighted by Crippen LogP contribution is 2.27. The number of nitrogens with zero attached hydrogens (tertiary/aromatic N) is 3. The topological polar surface area (TPSA) is 64.4 Å². The second-order valence-electron chi connectivity index (χ2n) is 8.03. The van der Waals surface area contributed by atoms with E-state index >= 15 is 0 Å². The molecule has 0 N–H and O–H groups in total. The Hall–Kier alpha value is -2.99. The SMILES string of the molecule is CCCn1c(C(CC)N(CCCOC)C(=O)c2ccccc2C)nc2ccccc2c1=O. The summed E-state index contributed by atoms with van der Waals surface area (Å²) < 4.78 is 7.01. The zero-order valence-electron chi connectivity index (χ0n) is 19.5. The Labute approximate surface area is 189 Å². The van der Waals surface area contributed by atoms with Crippen molar-refractivity contribution in [3.63, 3.8) is 0 Å². The molecule has 6 nitrogen and oxygen atoms in total. The van der Waals surface area contributed by atoms with Crippen LogP contribution in [0.25, 0.3) is 10.9 Å². The Kier molecular flexibility index (Phi) is 8.17. The third-order valence-corrected chi connectivity index (χ3v) is 5.78. The number of carbonyl (C=O) groups is 1. The standard InChI is InChI=1S/C26H33N3O3/c1-5-16-29-24(27-22-15-10-9-14-21(22)26(29)31)23(6-2)28(17-11-18-32-4)25(30)20-13-8-7-12-19(20)3/h7-10,12-15,23H,5-6,11,16-18H2,1-4H3. The molecular formula is C26H33N3O3. The lowest BCUT2D eigenvalue weighted by Crippen LogP contribution is -2.40. The van der Waals surface area contributed by atoms with Gasteiger partial charge < -0.3 is 9.64 Å². The van der Waals surface area contributed by atoms with E-state index in [9.17, 15) is 9.59 Å². The number of carbonyl (C=O) groups excluding carboxylic acids is 1. The third-order valence-electron chi connectivity index (χ3n) is 5.78. The van der Waals surface area contributed by atoms with Crippen LogP contribution < -0.4 is 5.56 Å². The van der Waals surface area contributed by atoms with Crippen molar-refractivity contribution in [2.75, 3.05) is 20.3 Å². The molecule has 3 aromatic rings. The van der Waals surface area contributed by atoms with Gasteiger partial charge in [-0.15, -0.1) is 0 Å². The van der Waals surface area contributed by atoms with Gasteiger partial charge in [-0.05, 0) is 49.9 Å². The zero-order valence-corrected chi connectivity index (χ0v) is 19.5. The van der Waals surface area contributed by atoms with Gasteiger partial charge in [-0.2, -0.15) is 0 Å². The van der Waals surface area contributed by atoms with Crippen LogP contribution in [0.15, 0.2) is 53.3 Å². The summed E-state index contributed by atoms with van der Waals surface area (Å²) in [7, 11) is 1.66. The molecule has 6 heteroatoms. The number of rotatable bonds is 10. The molecule has 0 aliphatic carbocycles. The molecule has 0 saturated carbocycles. The molecule has 0 fully saturated rings. The minimum atomic E-state index is -0.317. The van der Waals surface area contributed by atoms with Crippen LogP contribution in [-0.2, 0) is 11.3 Å². The van der Waals surface area contributed by atoms with Gasteiger partial charge in [0.05, 0.1) is 16.9 Å². The smallest absolute Gasteiger partial charge is 0.261 e. The number of hydrogen-bond donors (Lipinski definition) is 0. The summed E-state index contributed by atoms with van der Waals surface area (Å²) in [4.78, 5) is 33.8. The quantitative estimate of drug-likeness (QED) is 0.431. The van der Waals surface area contributed by atoms with Gasteiger partial charge in [0.1, 0.15) is 5.82 Å². The van der Waals surface area contributed by atoms with Crippen LogP contribution >= 0.6 is 0 Å². The largest absolute Gasteiger partial charge is 0.385 e. The molecule has 1 atom stereocenters. The lowest BCUT2D eigenvalue weighted by atomic mass is 10.0. The molecule has 2 aromatic carbocycles. The molecule has 1 aromatic heterocycles. The maximum Gasteiger partial charge on any atom is 0.261 e. The predicted octanol–water partition coefficient (Wildman–Crippen LogP) is 4.74. The van der Waals surface area contributed by atoms with E-state index < -0.39 is 0 Å². The second-order valence-corrected chi connectivity index (χ2v) is 8.03. The third kappa shape index (κ3) is 4.91. The summed E-state index contributed by atoms with van der Waals surface area (Å²) in [5.74, 6) is 0.605. The summed E-state index contributed by atoms with van der Waals surface area (Å²) in [6.45, 7) is 7.67. The first-order chi connectivity index (χ1) is 15.5. The average Bonchev–Trinajstić information content (AvgIpc) is 2.81. The van der Waals surface area contributed by atoms with Crippen molar-refractivity contribution in [3.05, 3.63) is 75.8 Å². The number of hydrogen-bond acceptors (Lipinski definition) is 4. The van der Waals surface area contributed by atoms with Gasteiger partial charge in [-0.1, -0.05) is 44.2 Å². The lowest BCUT2D eigenvalue weighted by molar-refractivity contribution is 0.0630. The van der Waals surface area contributed by atoms with Gasteiger partial charge >= 0.3 is 0 Å². The minimum absolute atomic E-state index is 0.0449. The van der Waals surface area contributed by atoms with Crippen LogP contribution in [0, 0.1) is 6.92 Å². The van der Waals surface area contributed by atoms with Crippen molar-refractivity contribution < 1.29 is 9.53 Å². The van der Waals surface area contributed by atoms with Crippen LogP contribution in [-0.4, -0.2) is 40.6 Å². The Morgan fingerprint density at radius 3 is 2.53 bits per heavy atom. The number of benzene rings is 2. The number of aromatic nitrogens is 2. The maximum atomic E-state index is 13.7.